The summed E-state index contributed by atoms with van der Waals surface area (Å²) in [5.74, 6) is 0.274. The molecule has 0 saturated heterocycles. The third-order valence-electron chi connectivity index (χ3n) is 4.33. The van der Waals surface area contributed by atoms with Crippen molar-refractivity contribution in [2.45, 2.75) is 25.9 Å². The third kappa shape index (κ3) is 4.36. The molecule has 0 radical (unpaired) electrons. The summed E-state index contributed by atoms with van der Waals surface area (Å²) in [7, 11) is -3.60. The highest BCUT2D eigenvalue weighted by atomic mass is 35.5. The summed E-state index contributed by atoms with van der Waals surface area (Å²) in [4.78, 5) is 12.7. The second-order valence-corrected chi connectivity index (χ2v) is 9.12. The third-order valence-corrected chi connectivity index (χ3v) is 5.71. The Kier molecular flexibility index (Phi) is 5.35. The summed E-state index contributed by atoms with van der Waals surface area (Å²) >= 11 is 5.98. The number of anilines is 2. The van der Waals surface area contributed by atoms with Crippen molar-refractivity contribution in [3.63, 3.8) is 0 Å². The molecule has 2 aromatic carbocycles. The normalized spacial score (nSPS) is 16.6. The first-order valence-corrected chi connectivity index (χ1v) is 10.7. The highest BCUT2D eigenvalue weighted by Gasteiger charge is 2.35. The van der Waals surface area contributed by atoms with Gasteiger partial charge in [-0.05, 0) is 41.8 Å². The minimum atomic E-state index is -3.60. The lowest BCUT2D eigenvalue weighted by molar-refractivity contribution is -0.122. The van der Waals surface area contributed by atoms with E-state index in [-0.39, 0.29) is 6.54 Å². The van der Waals surface area contributed by atoms with E-state index in [1.54, 1.807) is 12.1 Å². The molecule has 0 bridgehead atoms. The smallest absolute Gasteiger partial charge is 0.267 e. The number of benzene rings is 2. The van der Waals surface area contributed by atoms with Crippen molar-refractivity contribution in [2.24, 2.45) is 0 Å². The van der Waals surface area contributed by atoms with Crippen molar-refractivity contribution in [1.29, 1.82) is 0 Å². The van der Waals surface area contributed by atoms with E-state index >= 15 is 0 Å². The van der Waals surface area contributed by atoms with E-state index in [0.29, 0.717) is 28.1 Å². The SMILES string of the molecule is CC(C)c1ccc(NC(=O)C2CN(S(C)(=O)=O)c3cc(Cl)ccc3O2)cc1. The number of carbonyl (C=O) groups excluding carboxylic acids is 1. The number of amides is 1. The number of fused-ring (bicyclic) bond motifs is 1. The molecule has 144 valence electrons. The Morgan fingerprint density at radius 1 is 1.22 bits per heavy atom. The standard InChI is InChI=1S/C19H21ClN2O4S/c1-12(2)13-4-7-15(8-5-13)21-19(23)18-11-22(27(3,24)25)16-10-14(20)6-9-17(16)26-18/h4-10,12,18H,11H2,1-3H3,(H,21,23). The molecule has 8 heteroatoms. The summed E-state index contributed by atoms with van der Waals surface area (Å²) < 4.78 is 31.2. The van der Waals surface area contributed by atoms with Gasteiger partial charge in [0.15, 0.2) is 6.10 Å². The van der Waals surface area contributed by atoms with Gasteiger partial charge in [-0.25, -0.2) is 8.42 Å². The molecule has 1 unspecified atom stereocenters. The zero-order valence-electron chi connectivity index (χ0n) is 15.3. The van der Waals surface area contributed by atoms with Crippen LogP contribution in [0.25, 0.3) is 0 Å². The van der Waals surface area contributed by atoms with Gasteiger partial charge in [0, 0.05) is 10.7 Å². The molecule has 1 atom stereocenters. The Labute approximate surface area is 164 Å². The number of nitrogens with one attached hydrogen (secondary N) is 1. The van der Waals surface area contributed by atoms with Crippen LogP contribution in [0.2, 0.25) is 5.02 Å². The van der Waals surface area contributed by atoms with Crippen LogP contribution in [-0.4, -0.2) is 33.2 Å². The molecule has 0 aromatic heterocycles. The highest BCUT2D eigenvalue weighted by Crippen LogP contribution is 2.37. The molecule has 1 heterocycles. The highest BCUT2D eigenvalue weighted by molar-refractivity contribution is 7.92. The number of carbonyl (C=O) groups is 1. The van der Waals surface area contributed by atoms with Crippen LogP contribution in [0.3, 0.4) is 0 Å². The Bertz CT molecular complexity index is 958. The monoisotopic (exact) mass is 408 g/mol. The Hall–Kier alpha value is -2.25. The number of hydrogen-bond donors (Lipinski definition) is 1. The van der Waals surface area contributed by atoms with Gasteiger partial charge >= 0.3 is 0 Å². The summed E-state index contributed by atoms with van der Waals surface area (Å²) in [6.45, 7) is 4.06. The molecule has 2 aromatic rings. The van der Waals surface area contributed by atoms with Crippen molar-refractivity contribution in [2.75, 3.05) is 22.4 Å². The molecule has 0 saturated carbocycles. The number of ether oxygens (including phenoxy) is 1. The minimum Gasteiger partial charge on any atom is -0.476 e. The maximum absolute atomic E-state index is 12.7. The van der Waals surface area contributed by atoms with E-state index in [2.05, 4.69) is 19.2 Å². The lowest BCUT2D eigenvalue weighted by Crippen LogP contribution is -2.48. The van der Waals surface area contributed by atoms with Gasteiger partial charge < -0.3 is 10.1 Å². The zero-order chi connectivity index (χ0) is 19.8. The predicted molar refractivity (Wildman–Crippen MR) is 107 cm³/mol. The molecule has 1 amide bonds. The molecule has 0 fully saturated rings. The van der Waals surface area contributed by atoms with Gasteiger partial charge in [0.1, 0.15) is 5.75 Å². The summed E-state index contributed by atoms with van der Waals surface area (Å²) in [5, 5.41) is 3.17. The van der Waals surface area contributed by atoms with Crippen LogP contribution in [-0.2, 0) is 14.8 Å². The van der Waals surface area contributed by atoms with Crippen molar-refractivity contribution in [3.05, 3.63) is 53.1 Å². The molecule has 0 aliphatic carbocycles. The largest absolute Gasteiger partial charge is 0.476 e. The summed E-state index contributed by atoms with van der Waals surface area (Å²) in [6, 6.07) is 12.2. The molecule has 1 N–H and O–H groups in total. The summed E-state index contributed by atoms with van der Waals surface area (Å²) in [6.07, 6.45) is 0.112. The molecule has 27 heavy (non-hydrogen) atoms. The van der Waals surface area contributed by atoms with Crippen molar-refractivity contribution in [3.8, 4) is 5.75 Å². The lowest BCUT2D eigenvalue weighted by Gasteiger charge is -2.34. The second-order valence-electron chi connectivity index (χ2n) is 6.78. The van der Waals surface area contributed by atoms with Crippen LogP contribution >= 0.6 is 11.6 Å². The number of hydrogen-bond acceptors (Lipinski definition) is 4. The van der Waals surface area contributed by atoms with Gasteiger partial charge in [0.05, 0.1) is 18.5 Å². The van der Waals surface area contributed by atoms with Crippen molar-refractivity contribution >= 4 is 38.9 Å². The maximum atomic E-state index is 12.7. The Balaban J connectivity index is 1.82. The quantitative estimate of drug-likeness (QED) is 0.838. The van der Waals surface area contributed by atoms with Crippen LogP contribution in [0.4, 0.5) is 11.4 Å². The van der Waals surface area contributed by atoms with Crippen LogP contribution in [0, 0.1) is 0 Å². The molecule has 6 nitrogen and oxygen atoms in total. The topological polar surface area (TPSA) is 75.7 Å². The van der Waals surface area contributed by atoms with E-state index in [1.165, 1.54) is 6.07 Å². The van der Waals surface area contributed by atoms with Crippen molar-refractivity contribution in [1.82, 2.24) is 0 Å². The van der Waals surface area contributed by atoms with Gasteiger partial charge in [-0.15, -0.1) is 0 Å². The van der Waals surface area contributed by atoms with Crippen molar-refractivity contribution < 1.29 is 17.9 Å². The predicted octanol–water partition coefficient (Wildman–Crippen LogP) is 3.63. The fourth-order valence-electron chi connectivity index (χ4n) is 2.85. The maximum Gasteiger partial charge on any atom is 0.267 e. The van der Waals surface area contributed by atoms with Gasteiger partial charge in [0.25, 0.3) is 5.91 Å². The van der Waals surface area contributed by atoms with Crippen LogP contribution < -0.4 is 14.4 Å². The van der Waals surface area contributed by atoms with Gasteiger partial charge in [0.2, 0.25) is 10.0 Å². The second kappa shape index (κ2) is 7.40. The Morgan fingerprint density at radius 2 is 1.89 bits per heavy atom. The molecule has 0 spiro atoms. The molecular weight excluding hydrogens is 388 g/mol. The summed E-state index contributed by atoms with van der Waals surface area (Å²) in [5.41, 5.74) is 2.12. The Morgan fingerprint density at radius 3 is 2.48 bits per heavy atom. The van der Waals surface area contributed by atoms with Crippen LogP contribution in [0.1, 0.15) is 25.3 Å². The average molecular weight is 409 g/mol. The molecule has 1 aliphatic rings. The van der Waals surface area contributed by atoms with E-state index < -0.39 is 22.0 Å². The number of sulfonamides is 1. The van der Waals surface area contributed by atoms with E-state index in [4.69, 9.17) is 16.3 Å². The molecule has 1 aliphatic heterocycles. The first kappa shape index (κ1) is 19.5. The van der Waals surface area contributed by atoms with Gasteiger partial charge in [-0.2, -0.15) is 0 Å². The van der Waals surface area contributed by atoms with Crippen LogP contribution in [0.5, 0.6) is 5.75 Å². The fraction of sp³-hybridized carbons (Fsp3) is 0.316. The average Bonchev–Trinajstić information content (AvgIpc) is 2.60. The number of rotatable bonds is 4. The first-order valence-electron chi connectivity index (χ1n) is 8.50. The van der Waals surface area contributed by atoms with Gasteiger partial charge in [-0.1, -0.05) is 37.6 Å². The number of nitrogens with zero attached hydrogens (tertiary/aromatic N) is 1. The first-order chi connectivity index (χ1) is 12.6. The van der Waals surface area contributed by atoms with Gasteiger partial charge in [-0.3, -0.25) is 9.10 Å². The lowest BCUT2D eigenvalue weighted by atomic mass is 10.0. The molecule has 3 rings (SSSR count). The zero-order valence-corrected chi connectivity index (χ0v) is 16.8. The van der Waals surface area contributed by atoms with Crippen LogP contribution in [0.15, 0.2) is 42.5 Å². The van der Waals surface area contributed by atoms with E-state index in [0.717, 1.165) is 16.1 Å². The molecular formula is C19H21ClN2O4S. The minimum absolute atomic E-state index is 0.123. The number of halogens is 1. The fourth-order valence-corrected chi connectivity index (χ4v) is 3.92. The van der Waals surface area contributed by atoms with E-state index in [1.807, 2.05) is 24.3 Å². The van der Waals surface area contributed by atoms with E-state index in [9.17, 15) is 13.2 Å².